The van der Waals surface area contributed by atoms with Crippen LogP contribution in [-0.4, -0.2) is 35.1 Å². The molecule has 0 aliphatic rings. The molecular formula is C21H18N4O4. The van der Waals surface area contributed by atoms with Gasteiger partial charge in [0.25, 0.3) is 5.91 Å². The largest absolute Gasteiger partial charge is 0.497 e. The molecule has 146 valence electrons. The van der Waals surface area contributed by atoms with Gasteiger partial charge in [-0.1, -0.05) is 0 Å². The van der Waals surface area contributed by atoms with E-state index >= 15 is 0 Å². The topological polar surface area (TPSA) is 109 Å². The number of carbonyl (C=O) groups excluding carboxylic acids is 1. The number of imidazole rings is 1. The Kier molecular flexibility index (Phi) is 4.74. The van der Waals surface area contributed by atoms with Gasteiger partial charge >= 0.3 is 5.69 Å². The van der Waals surface area contributed by atoms with Crippen LogP contribution in [0.25, 0.3) is 22.3 Å². The van der Waals surface area contributed by atoms with Gasteiger partial charge in [0, 0.05) is 17.4 Å². The summed E-state index contributed by atoms with van der Waals surface area (Å²) in [4.78, 5) is 33.6. The number of nitrogens with zero attached hydrogens (tertiary/aromatic N) is 1. The molecule has 0 saturated carbocycles. The molecule has 3 N–H and O–H groups in total. The normalized spacial score (nSPS) is 10.7. The first kappa shape index (κ1) is 18.3. The maximum atomic E-state index is 12.6. The molecule has 0 radical (unpaired) electrons. The summed E-state index contributed by atoms with van der Waals surface area (Å²) in [5.41, 5.74) is 3.38. The Morgan fingerprint density at radius 2 is 1.79 bits per heavy atom. The SMILES string of the molecule is COc1ccc(OC)c(-c2ccc(C(=O)Nc3ccc4[nH]c(=O)[nH]c4c3)cn2)c1. The van der Waals surface area contributed by atoms with Crippen LogP contribution < -0.4 is 20.5 Å². The van der Waals surface area contributed by atoms with E-state index in [1.165, 1.54) is 6.20 Å². The molecule has 0 aliphatic carbocycles. The quantitative estimate of drug-likeness (QED) is 0.485. The van der Waals surface area contributed by atoms with Crippen molar-refractivity contribution in [1.29, 1.82) is 0 Å². The predicted octanol–water partition coefficient (Wildman–Crippen LogP) is 3.19. The lowest BCUT2D eigenvalue weighted by atomic mass is 10.1. The van der Waals surface area contributed by atoms with Gasteiger partial charge in [-0.05, 0) is 48.5 Å². The lowest BCUT2D eigenvalue weighted by Gasteiger charge is -2.10. The maximum absolute atomic E-state index is 12.6. The van der Waals surface area contributed by atoms with Gasteiger partial charge in [0.1, 0.15) is 11.5 Å². The van der Waals surface area contributed by atoms with E-state index in [-0.39, 0.29) is 11.6 Å². The molecule has 8 heteroatoms. The van der Waals surface area contributed by atoms with Crippen LogP contribution >= 0.6 is 0 Å². The summed E-state index contributed by atoms with van der Waals surface area (Å²) in [5.74, 6) is 1.03. The van der Waals surface area contributed by atoms with Crippen molar-refractivity contribution in [2.75, 3.05) is 19.5 Å². The fourth-order valence-electron chi connectivity index (χ4n) is 3.02. The number of hydrogen-bond acceptors (Lipinski definition) is 5. The smallest absolute Gasteiger partial charge is 0.323 e. The van der Waals surface area contributed by atoms with Crippen LogP contribution in [-0.2, 0) is 0 Å². The van der Waals surface area contributed by atoms with Crippen molar-refractivity contribution in [3.63, 3.8) is 0 Å². The zero-order chi connectivity index (χ0) is 20.4. The fourth-order valence-corrected chi connectivity index (χ4v) is 3.02. The van der Waals surface area contributed by atoms with Gasteiger partial charge in [0.2, 0.25) is 0 Å². The molecule has 0 spiro atoms. The lowest BCUT2D eigenvalue weighted by molar-refractivity contribution is 0.102. The molecule has 4 rings (SSSR count). The van der Waals surface area contributed by atoms with Gasteiger partial charge in [-0.25, -0.2) is 4.79 Å². The summed E-state index contributed by atoms with van der Waals surface area (Å²) in [6.45, 7) is 0. The highest BCUT2D eigenvalue weighted by Gasteiger charge is 2.12. The standard InChI is InChI=1S/C21H18N4O4/c1-28-14-5-8-19(29-2)15(10-14)16-6-3-12(11-22-16)20(26)23-13-4-7-17-18(9-13)25-21(27)24-17/h3-11H,1-2H3,(H,23,26)(H2,24,25,27). The summed E-state index contributed by atoms with van der Waals surface area (Å²) in [6, 6.07) is 14.0. The Morgan fingerprint density at radius 1 is 0.966 bits per heavy atom. The zero-order valence-corrected chi connectivity index (χ0v) is 15.8. The number of aromatic amines is 2. The van der Waals surface area contributed by atoms with Crippen LogP contribution in [0.1, 0.15) is 10.4 Å². The number of ether oxygens (including phenoxy) is 2. The average Bonchev–Trinajstić information content (AvgIpc) is 3.12. The Balaban J connectivity index is 1.57. The van der Waals surface area contributed by atoms with Crippen LogP contribution in [0, 0.1) is 0 Å². The molecule has 4 aromatic rings. The number of aromatic nitrogens is 3. The van der Waals surface area contributed by atoms with E-state index in [0.717, 1.165) is 5.56 Å². The van der Waals surface area contributed by atoms with E-state index in [1.807, 2.05) is 6.07 Å². The van der Waals surface area contributed by atoms with Crippen molar-refractivity contribution in [1.82, 2.24) is 15.0 Å². The second-order valence-electron chi connectivity index (χ2n) is 6.29. The Morgan fingerprint density at radius 3 is 2.52 bits per heavy atom. The van der Waals surface area contributed by atoms with Crippen LogP contribution in [0.4, 0.5) is 5.69 Å². The Hall–Kier alpha value is -4.07. The average molecular weight is 390 g/mol. The fraction of sp³-hybridized carbons (Fsp3) is 0.0952. The van der Waals surface area contributed by atoms with E-state index in [1.54, 1.807) is 56.7 Å². The second-order valence-corrected chi connectivity index (χ2v) is 6.29. The van der Waals surface area contributed by atoms with Crippen molar-refractivity contribution >= 4 is 22.6 Å². The molecule has 0 aliphatic heterocycles. The first-order chi connectivity index (χ1) is 14.1. The van der Waals surface area contributed by atoms with Crippen LogP contribution in [0.2, 0.25) is 0 Å². The van der Waals surface area contributed by atoms with E-state index in [9.17, 15) is 9.59 Å². The molecule has 8 nitrogen and oxygen atoms in total. The van der Waals surface area contributed by atoms with E-state index in [2.05, 4.69) is 20.3 Å². The molecule has 0 atom stereocenters. The maximum Gasteiger partial charge on any atom is 0.323 e. The third-order valence-electron chi connectivity index (χ3n) is 4.48. The summed E-state index contributed by atoms with van der Waals surface area (Å²) in [7, 11) is 3.18. The van der Waals surface area contributed by atoms with Crippen molar-refractivity contribution in [2.45, 2.75) is 0 Å². The number of anilines is 1. The Bertz CT molecular complexity index is 1240. The second kappa shape index (κ2) is 7.51. The Labute approximate surface area is 165 Å². The number of hydrogen-bond donors (Lipinski definition) is 3. The first-order valence-electron chi connectivity index (χ1n) is 8.79. The number of H-pyrrole nitrogens is 2. The highest BCUT2D eigenvalue weighted by molar-refractivity contribution is 6.04. The third-order valence-corrected chi connectivity index (χ3v) is 4.48. The molecule has 29 heavy (non-hydrogen) atoms. The van der Waals surface area contributed by atoms with Gasteiger partial charge in [-0.15, -0.1) is 0 Å². The molecule has 0 unspecified atom stereocenters. The summed E-state index contributed by atoms with van der Waals surface area (Å²) < 4.78 is 10.7. The van der Waals surface area contributed by atoms with Crippen LogP contribution in [0.3, 0.4) is 0 Å². The highest BCUT2D eigenvalue weighted by atomic mass is 16.5. The van der Waals surface area contributed by atoms with Crippen molar-refractivity contribution in [3.8, 4) is 22.8 Å². The number of carbonyl (C=O) groups is 1. The lowest BCUT2D eigenvalue weighted by Crippen LogP contribution is -2.12. The number of fused-ring (bicyclic) bond motifs is 1. The third kappa shape index (κ3) is 3.68. The molecule has 2 aromatic heterocycles. The van der Waals surface area contributed by atoms with Gasteiger partial charge in [0.15, 0.2) is 0 Å². The number of pyridine rings is 1. The van der Waals surface area contributed by atoms with Gasteiger partial charge in [-0.2, -0.15) is 0 Å². The first-order valence-corrected chi connectivity index (χ1v) is 8.79. The highest BCUT2D eigenvalue weighted by Crippen LogP contribution is 2.32. The molecule has 2 aromatic carbocycles. The van der Waals surface area contributed by atoms with E-state index in [4.69, 9.17) is 9.47 Å². The molecular weight excluding hydrogens is 372 g/mol. The van der Waals surface area contributed by atoms with Gasteiger partial charge in [-0.3, -0.25) is 9.78 Å². The summed E-state index contributed by atoms with van der Waals surface area (Å²) in [6.07, 6.45) is 1.50. The van der Waals surface area contributed by atoms with Gasteiger partial charge < -0.3 is 24.8 Å². The number of rotatable bonds is 5. The van der Waals surface area contributed by atoms with Crippen molar-refractivity contribution < 1.29 is 14.3 Å². The van der Waals surface area contributed by atoms with Gasteiger partial charge in [0.05, 0.1) is 36.5 Å². The predicted molar refractivity (Wildman–Crippen MR) is 110 cm³/mol. The molecule has 0 saturated heterocycles. The molecule has 0 fully saturated rings. The van der Waals surface area contributed by atoms with E-state index in [0.29, 0.717) is 39.5 Å². The molecule has 1 amide bonds. The number of amides is 1. The van der Waals surface area contributed by atoms with Crippen molar-refractivity contribution in [2.24, 2.45) is 0 Å². The molecule has 2 heterocycles. The number of benzene rings is 2. The molecule has 0 bridgehead atoms. The minimum Gasteiger partial charge on any atom is -0.497 e. The van der Waals surface area contributed by atoms with Crippen LogP contribution in [0.5, 0.6) is 11.5 Å². The van der Waals surface area contributed by atoms with Crippen molar-refractivity contribution in [3.05, 3.63) is 70.8 Å². The zero-order valence-electron chi connectivity index (χ0n) is 15.8. The summed E-state index contributed by atoms with van der Waals surface area (Å²) >= 11 is 0. The summed E-state index contributed by atoms with van der Waals surface area (Å²) in [5, 5.41) is 2.80. The van der Waals surface area contributed by atoms with E-state index < -0.39 is 0 Å². The van der Waals surface area contributed by atoms with Crippen LogP contribution in [0.15, 0.2) is 59.5 Å². The number of nitrogens with one attached hydrogen (secondary N) is 3. The minimum absolute atomic E-state index is 0.295. The number of methoxy groups -OCH3 is 2. The monoisotopic (exact) mass is 390 g/mol. The minimum atomic E-state index is -0.307.